The predicted molar refractivity (Wildman–Crippen MR) is 96.2 cm³/mol. The summed E-state index contributed by atoms with van der Waals surface area (Å²) in [5.74, 6) is 0.260. The Bertz CT molecular complexity index is 698. The molecule has 5 nitrogen and oxygen atoms in total. The fourth-order valence-electron chi connectivity index (χ4n) is 2.77. The number of rotatable bonds is 5. The lowest BCUT2D eigenvalue weighted by atomic mass is 10.1. The molecule has 1 aromatic carbocycles. The van der Waals surface area contributed by atoms with Crippen molar-refractivity contribution in [2.45, 2.75) is 19.9 Å². The van der Waals surface area contributed by atoms with Crippen molar-refractivity contribution in [3.8, 4) is 0 Å². The molecule has 1 fully saturated rings. The number of carbonyl (C=O) groups is 2. The van der Waals surface area contributed by atoms with Gasteiger partial charge < -0.3 is 15.5 Å². The van der Waals surface area contributed by atoms with Gasteiger partial charge in [-0.2, -0.15) is 0 Å². The molecule has 0 aliphatic carbocycles. The van der Waals surface area contributed by atoms with E-state index in [4.69, 9.17) is 0 Å². The van der Waals surface area contributed by atoms with Gasteiger partial charge in [-0.3, -0.25) is 4.79 Å². The summed E-state index contributed by atoms with van der Waals surface area (Å²) in [6, 6.07) is 11.7. The maximum absolute atomic E-state index is 12.2. The van der Waals surface area contributed by atoms with Crippen molar-refractivity contribution in [3.63, 3.8) is 0 Å². The van der Waals surface area contributed by atoms with E-state index < -0.39 is 0 Å². The molecule has 6 heteroatoms. The molecule has 2 N–H and O–H groups in total. The number of nitrogens with one attached hydrogen (secondary N) is 2. The van der Waals surface area contributed by atoms with Gasteiger partial charge in [-0.1, -0.05) is 23.8 Å². The fourth-order valence-corrected chi connectivity index (χ4v) is 3.42. The zero-order valence-corrected chi connectivity index (χ0v) is 14.4. The normalized spacial score (nSPS) is 17.1. The summed E-state index contributed by atoms with van der Waals surface area (Å²) in [6.45, 7) is 3.71. The average molecular weight is 343 g/mol. The summed E-state index contributed by atoms with van der Waals surface area (Å²) in [6.07, 6.45) is 0.471. The standard InChI is InChI=1S/C18H21N3O2S/c1-13-4-6-15(7-5-13)21-12-14(9-17(21)22)10-19-18(23)20-11-16-3-2-8-24-16/h2-8,14H,9-12H2,1H3,(H2,19,20,23)/t14-/m0/s1. The Hall–Kier alpha value is -2.34. The lowest BCUT2D eigenvalue weighted by Crippen LogP contribution is -2.38. The van der Waals surface area contributed by atoms with Crippen LogP contribution < -0.4 is 15.5 Å². The summed E-state index contributed by atoms with van der Waals surface area (Å²) >= 11 is 1.61. The molecule has 24 heavy (non-hydrogen) atoms. The van der Waals surface area contributed by atoms with Crippen LogP contribution in [0.2, 0.25) is 0 Å². The summed E-state index contributed by atoms with van der Waals surface area (Å²) in [5.41, 5.74) is 2.10. The van der Waals surface area contributed by atoms with Crippen LogP contribution in [0.25, 0.3) is 0 Å². The molecule has 0 saturated carbocycles. The molecule has 1 atom stereocenters. The molecule has 2 heterocycles. The molecular weight excluding hydrogens is 322 g/mol. The van der Waals surface area contributed by atoms with Gasteiger partial charge in [0, 0.05) is 36.0 Å². The molecule has 1 aromatic heterocycles. The van der Waals surface area contributed by atoms with Crippen molar-refractivity contribution in [2.24, 2.45) is 5.92 Å². The van der Waals surface area contributed by atoms with Gasteiger partial charge in [0.2, 0.25) is 5.91 Å². The molecule has 1 aliphatic rings. The summed E-state index contributed by atoms with van der Waals surface area (Å²) in [7, 11) is 0. The first-order valence-electron chi connectivity index (χ1n) is 8.03. The van der Waals surface area contributed by atoms with Crippen LogP contribution in [0.15, 0.2) is 41.8 Å². The minimum absolute atomic E-state index is 0.115. The third-order valence-electron chi connectivity index (χ3n) is 4.11. The Labute approximate surface area is 145 Å². The molecule has 3 rings (SSSR count). The van der Waals surface area contributed by atoms with Crippen LogP contribution in [-0.2, 0) is 11.3 Å². The number of hydrogen-bond acceptors (Lipinski definition) is 3. The van der Waals surface area contributed by atoms with E-state index in [1.165, 1.54) is 5.56 Å². The topological polar surface area (TPSA) is 61.4 Å². The largest absolute Gasteiger partial charge is 0.338 e. The molecule has 2 aromatic rings. The van der Waals surface area contributed by atoms with E-state index in [1.54, 1.807) is 16.2 Å². The molecule has 0 bridgehead atoms. The predicted octanol–water partition coefficient (Wildman–Crippen LogP) is 2.91. The number of carbonyl (C=O) groups excluding carboxylic acids is 2. The lowest BCUT2D eigenvalue weighted by molar-refractivity contribution is -0.117. The minimum Gasteiger partial charge on any atom is -0.338 e. The van der Waals surface area contributed by atoms with Crippen molar-refractivity contribution >= 4 is 29.0 Å². The number of thiophene rings is 1. The Balaban J connectivity index is 1.45. The number of benzene rings is 1. The van der Waals surface area contributed by atoms with Crippen molar-refractivity contribution in [3.05, 3.63) is 52.2 Å². The highest BCUT2D eigenvalue weighted by atomic mass is 32.1. The van der Waals surface area contributed by atoms with E-state index in [-0.39, 0.29) is 17.9 Å². The van der Waals surface area contributed by atoms with E-state index in [2.05, 4.69) is 10.6 Å². The molecule has 1 aliphatic heterocycles. The first-order chi connectivity index (χ1) is 11.6. The highest BCUT2D eigenvalue weighted by Gasteiger charge is 2.30. The fraction of sp³-hybridized carbons (Fsp3) is 0.333. The third kappa shape index (κ3) is 4.14. The van der Waals surface area contributed by atoms with Gasteiger partial charge >= 0.3 is 6.03 Å². The maximum atomic E-state index is 12.2. The Kier molecular flexibility index (Phi) is 5.15. The quantitative estimate of drug-likeness (QED) is 0.877. The molecule has 0 spiro atoms. The van der Waals surface area contributed by atoms with Crippen LogP contribution in [0.1, 0.15) is 16.9 Å². The maximum Gasteiger partial charge on any atom is 0.315 e. The SMILES string of the molecule is Cc1ccc(N2C[C@H](CNC(=O)NCc3cccs3)CC2=O)cc1. The molecule has 0 unspecified atom stereocenters. The van der Waals surface area contributed by atoms with Crippen LogP contribution in [0.5, 0.6) is 0 Å². The third-order valence-corrected chi connectivity index (χ3v) is 4.98. The van der Waals surface area contributed by atoms with E-state index in [9.17, 15) is 9.59 Å². The van der Waals surface area contributed by atoms with Crippen molar-refractivity contribution in [2.75, 3.05) is 18.0 Å². The minimum atomic E-state index is -0.190. The van der Waals surface area contributed by atoms with Gasteiger partial charge in [0.05, 0.1) is 6.54 Å². The van der Waals surface area contributed by atoms with Gasteiger partial charge in [-0.25, -0.2) is 4.79 Å². The molecule has 1 saturated heterocycles. The summed E-state index contributed by atoms with van der Waals surface area (Å²) in [5, 5.41) is 7.68. The second-order valence-electron chi connectivity index (χ2n) is 6.05. The van der Waals surface area contributed by atoms with Gasteiger partial charge in [-0.05, 0) is 30.5 Å². The number of anilines is 1. The van der Waals surface area contributed by atoms with Crippen molar-refractivity contribution in [1.29, 1.82) is 0 Å². The Morgan fingerprint density at radius 3 is 2.75 bits per heavy atom. The van der Waals surface area contributed by atoms with E-state index in [1.807, 2.05) is 48.7 Å². The van der Waals surface area contributed by atoms with Crippen LogP contribution in [0.3, 0.4) is 0 Å². The van der Waals surface area contributed by atoms with E-state index in [0.29, 0.717) is 26.1 Å². The van der Waals surface area contributed by atoms with Gasteiger partial charge in [0.1, 0.15) is 0 Å². The highest BCUT2D eigenvalue weighted by molar-refractivity contribution is 7.09. The lowest BCUT2D eigenvalue weighted by Gasteiger charge is -2.17. The molecule has 3 amide bonds. The second-order valence-corrected chi connectivity index (χ2v) is 7.09. The van der Waals surface area contributed by atoms with Gasteiger partial charge in [-0.15, -0.1) is 11.3 Å². The summed E-state index contributed by atoms with van der Waals surface area (Å²) < 4.78 is 0. The zero-order valence-electron chi connectivity index (χ0n) is 13.6. The molecule has 0 radical (unpaired) electrons. The molecular formula is C18H21N3O2S. The molecule has 126 valence electrons. The first-order valence-corrected chi connectivity index (χ1v) is 8.91. The average Bonchev–Trinajstić information content (AvgIpc) is 3.21. The monoisotopic (exact) mass is 343 g/mol. The van der Waals surface area contributed by atoms with Gasteiger partial charge in [0.15, 0.2) is 0 Å². The smallest absolute Gasteiger partial charge is 0.315 e. The van der Waals surface area contributed by atoms with Crippen molar-refractivity contribution in [1.82, 2.24) is 10.6 Å². The highest BCUT2D eigenvalue weighted by Crippen LogP contribution is 2.24. The number of aryl methyl sites for hydroxylation is 1. The second kappa shape index (κ2) is 7.49. The van der Waals surface area contributed by atoms with E-state index in [0.717, 1.165) is 10.6 Å². The van der Waals surface area contributed by atoms with Crippen LogP contribution in [-0.4, -0.2) is 25.0 Å². The number of nitrogens with zero attached hydrogens (tertiary/aromatic N) is 1. The number of amides is 3. The number of urea groups is 1. The van der Waals surface area contributed by atoms with Crippen LogP contribution in [0.4, 0.5) is 10.5 Å². The van der Waals surface area contributed by atoms with Gasteiger partial charge in [0.25, 0.3) is 0 Å². The number of hydrogen-bond donors (Lipinski definition) is 2. The Morgan fingerprint density at radius 2 is 2.04 bits per heavy atom. The van der Waals surface area contributed by atoms with Crippen LogP contribution in [0, 0.1) is 12.8 Å². The van der Waals surface area contributed by atoms with Crippen LogP contribution >= 0.6 is 11.3 Å². The van der Waals surface area contributed by atoms with E-state index >= 15 is 0 Å². The summed E-state index contributed by atoms with van der Waals surface area (Å²) in [4.78, 5) is 27.0. The zero-order chi connectivity index (χ0) is 16.9. The Morgan fingerprint density at radius 1 is 1.25 bits per heavy atom. The van der Waals surface area contributed by atoms with Crippen molar-refractivity contribution < 1.29 is 9.59 Å². The first kappa shape index (κ1) is 16.5.